The van der Waals surface area contributed by atoms with Crippen LogP contribution in [0.3, 0.4) is 0 Å². The molecule has 0 saturated heterocycles. The maximum Gasteiger partial charge on any atom is 0.244 e. The number of carbonyl (C=O) groups excluding carboxylic acids is 1. The first kappa shape index (κ1) is 13.6. The van der Waals surface area contributed by atoms with Crippen molar-refractivity contribution in [3.63, 3.8) is 0 Å². The minimum Gasteiger partial charge on any atom is -0.328 e. The lowest BCUT2D eigenvalue weighted by molar-refractivity contribution is -0.115. The van der Waals surface area contributed by atoms with E-state index < -0.39 is 5.82 Å². The highest BCUT2D eigenvalue weighted by atomic mass is 79.9. The second-order valence-corrected chi connectivity index (χ2v) is 5.32. The molecule has 1 amide bonds. The van der Waals surface area contributed by atoms with Crippen LogP contribution in [-0.2, 0) is 4.79 Å². The molecule has 3 rings (SSSR count). The number of fused-ring (bicyclic) bond motifs is 1. The van der Waals surface area contributed by atoms with Gasteiger partial charge in [-0.3, -0.25) is 4.79 Å². The van der Waals surface area contributed by atoms with Crippen LogP contribution >= 0.6 is 15.9 Å². The fourth-order valence-corrected chi connectivity index (χ4v) is 2.71. The van der Waals surface area contributed by atoms with Crippen molar-refractivity contribution >= 4 is 38.9 Å². The van der Waals surface area contributed by atoms with Crippen LogP contribution in [0.4, 0.5) is 21.5 Å². The first-order chi connectivity index (χ1) is 10.1. The Morgan fingerprint density at radius 3 is 2.76 bits per heavy atom. The monoisotopic (exact) mass is 345 g/mol. The summed E-state index contributed by atoms with van der Waals surface area (Å²) in [5.41, 5.74) is 1.82. The van der Waals surface area contributed by atoms with Gasteiger partial charge in [0.1, 0.15) is 12.6 Å². The summed E-state index contributed by atoms with van der Waals surface area (Å²) in [5, 5.41) is 11.7. The molecule has 0 aromatic heterocycles. The summed E-state index contributed by atoms with van der Waals surface area (Å²) >= 11 is 3.09. The van der Waals surface area contributed by atoms with Crippen LogP contribution < -0.4 is 10.2 Å². The van der Waals surface area contributed by atoms with Crippen molar-refractivity contribution in [3.8, 4) is 6.07 Å². The number of nitrogens with one attached hydrogen (secondary N) is 1. The smallest absolute Gasteiger partial charge is 0.244 e. The fourth-order valence-electron chi connectivity index (χ4n) is 2.28. The second-order valence-electron chi connectivity index (χ2n) is 4.52. The van der Waals surface area contributed by atoms with Crippen LogP contribution in [0.2, 0.25) is 0 Å². The number of anilines is 3. The molecule has 0 saturated carbocycles. The number of halogens is 2. The first-order valence-electron chi connectivity index (χ1n) is 6.16. The van der Waals surface area contributed by atoms with Gasteiger partial charge in [0.2, 0.25) is 5.91 Å². The Hall–Kier alpha value is -2.39. The van der Waals surface area contributed by atoms with Crippen molar-refractivity contribution < 1.29 is 9.18 Å². The number of benzene rings is 2. The van der Waals surface area contributed by atoms with Crippen LogP contribution in [-0.4, -0.2) is 12.5 Å². The van der Waals surface area contributed by atoms with Gasteiger partial charge in [0.25, 0.3) is 0 Å². The number of hydrogen-bond acceptors (Lipinski definition) is 3. The van der Waals surface area contributed by atoms with Gasteiger partial charge in [-0.2, -0.15) is 5.26 Å². The first-order valence-corrected chi connectivity index (χ1v) is 6.95. The SMILES string of the molecule is N#Cc1ccc(N2CC(=O)Nc3ccccc32)c(F)c1Br. The topological polar surface area (TPSA) is 56.1 Å². The predicted octanol–water partition coefficient (Wildman–Crippen LogP) is 3.55. The van der Waals surface area contributed by atoms with Gasteiger partial charge in [-0.15, -0.1) is 0 Å². The Morgan fingerprint density at radius 1 is 1.24 bits per heavy atom. The van der Waals surface area contributed by atoms with E-state index in [2.05, 4.69) is 21.2 Å². The standard InChI is InChI=1S/C15H9BrFN3O/c16-14-9(7-18)5-6-12(15(14)17)20-8-13(21)19-10-3-1-2-4-11(10)20/h1-6H,8H2,(H,19,21). The van der Waals surface area contributed by atoms with E-state index in [0.717, 1.165) is 0 Å². The highest BCUT2D eigenvalue weighted by molar-refractivity contribution is 9.10. The van der Waals surface area contributed by atoms with Gasteiger partial charge in [0.05, 0.1) is 27.1 Å². The Bertz CT molecular complexity index is 785. The van der Waals surface area contributed by atoms with E-state index in [1.165, 1.54) is 12.1 Å². The zero-order valence-electron chi connectivity index (χ0n) is 10.7. The molecule has 1 N–H and O–H groups in total. The zero-order valence-corrected chi connectivity index (χ0v) is 12.3. The van der Waals surface area contributed by atoms with Crippen LogP contribution in [0.25, 0.3) is 0 Å². The predicted molar refractivity (Wildman–Crippen MR) is 80.9 cm³/mol. The average Bonchev–Trinajstić information content (AvgIpc) is 2.49. The van der Waals surface area contributed by atoms with E-state index in [0.29, 0.717) is 11.4 Å². The molecule has 0 unspecified atom stereocenters. The van der Waals surface area contributed by atoms with Gasteiger partial charge >= 0.3 is 0 Å². The number of carbonyl (C=O) groups is 1. The lowest BCUT2D eigenvalue weighted by atomic mass is 10.1. The molecule has 6 heteroatoms. The molecule has 1 heterocycles. The zero-order chi connectivity index (χ0) is 15.0. The Morgan fingerprint density at radius 2 is 2.00 bits per heavy atom. The third-order valence-corrected chi connectivity index (χ3v) is 4.02. The van der Waals surface area contributed by atoms with Crippen molar-refractivity contribution in [2.75, 3.05) is 16.8 Å². The number of amides is 1. The van der Waals surface area contributed by atoms with Crippen LogP contribution in [0, 0.1) is 17.1 Å². The van der Waals surface area contributed by atoms with Crippen LogP contribution in [0.5, 0.6) is 0 Å². The van der Waals surface area contributed by atoms with Gasteiger partial charge in [0, 0.05) is 0 Å². The van der Waals surface area contributed by atoms with Gasteiger partial charge in [-0.25, -0.2) is 4.39 Å². The minimum absolute atomic E-state index is 0.0201. The summed E-state index contributed by atoms with van der Waals surface area (Å²) in [4.78, 5) is 13.4. The van der Waals surface area contributed by atoms with Crippen LogP contribution in [0.1, 0.15) is 5.56 Å². The van der Waals surface area contributed by atoms with E-state index in [9.17, 15) is 9.18 Å². The molecule has 1 aliphatic rings. The number of para-hydroxylation sites is 2. The second kappa shape index (κ2) is 5.19. The fraction of sp³-hybridized carbons (Fsp3) is 0.0667. The number of nitriles is 1. The quantitative estimate of drug-likeness (QED) is 0.859. The molecule has 4 nitrogen and oxygen atoms in total. The third-order valence-electron chi connectivity index (χ3n) is 3.24. The molecule has 0 aliphatic carbocycles. The lowest BCUT2D eigenvalue weighted by Crippen LogP contribution is -2.35. The highest BCUT2D eigenvalue weighted by Crippen LogP contribution is 2.38. The van der Waals surface area contributed by atoms with Crippen LogP contribution in [0.15, 0.2) is 40.9 Å². The van der Waals surface area contributed by atoms with E-state index in [1.807, 2.05) is 12.1 Å². The molecule has 0 bridgehead atoms. The third kappa shape index (κ3) is 2.26. The van der Waals surface area contributed by atoms with Crippen molar-refractivity contribution in [1.29, 1.82) is 5.26 Å². The van der Waals surface area contributed by atoms with E-state index in [1.54, 1.807) is 23.1 Å². The summed E-state index contributed by atoms with van der Waals surface area (Å²) in [6, 6.07) is 12.1. The van der Waals surface area contributed by atoms with E-state index in [4.69, 9.17) is 5.26 Å². The van der Waals surface area contributed by atoms with Crippen molar-refractivity contribution in [2.45, 2.75) is 0 Å². The molecule has 0 spiro atoms. The van der Waals surface area contributed by atoms with Gasteiger partial charge in [0.15, 0.2) is 5.82 Å². The molecule has 1 aliphatic heterocycles. The van der Waals surface area contributed by atoms with Crippen molar-refractivity contribution in [1.82, 2.24) is 0 Å². The number of rotatable bonds is 1. The number of nitrogens with zero attached hydrogens (tertiary/aromatic N) is 2. The summed E-state index contributed by atoms with van der Waals surface area (Å²) in [7, 11) is 0. The molecular weight excluding hydrogens is 337 g/mol. The lowest BCUT2D eigenvalue weighted by Gasteiger charge is -2.31. The Labute approximate surface area is 128 Å². The number of hydrogen-bond donors (Lipinski definition) is 1. The normalized spacial score (nSPS) is 13.4. The molecule has 2 aromatic rings. The van der Waals surface area contributed by atoms with E-state index in [-0.39, 0.29) is 28.2 Å². The maximum absolute atomic E-state index is 14.5. The Kier molecular flexibility index (Phi) is 3.35. The summed E-state index contributed by atoms with van der Waals surface area (Å²) in [6.07, 6.45) is 0. The molecule has 21 heavy (non-hydrogen) atoms. The maximum atomic E-state index is 14.5. The molecule has 104 valence electrons. The molecule has 0 atom stereocenters. The van der Waals surface area contributed by atoms with Crippen molar-refractivity contribution in [2.24, 2.45) is 0 Å². The summed E-state index contributed by atoms with van der Waals surface area (Å²) in [6.45, 7) is 0.0201. The molecule has 2 aromatic carbocycles. The van der Waals surface area contributed by atoms with Gasteiger partial charge < -0.3 is 10.2 Å². The van der Waals surface area contributed by atoms with E-state index >= 15 is 0 Å². The van der Waals surface area contributed by atoms with Crippen molar-refractivity contribution in [3.05, 3.63) is 52.3 Å². The Balaban J connectivity index is 2.16. The summed E-state index contributed by atoms with van der Waals surface area (Å²) in [5.74, 6) is -0.771. The summed E-state index contributed by atoms with van der Waals surface area (Å²) < 4.78 is 14.6. The average molecular weight is 346 g/mol. The largest absolute Gasteiger partial charge is 0.328 e. The highest BCUT2D eigenvalue weighted by Gasteiger charge is 2.26. The van der Waals surface area contributed by atoms with Gasteiger partial charge in [-0.05, 0) is 40.2 Å². The minimum atomic E-state index is -0.557. The molecular formula is C15H9BrFN3O. The van der Waals surface area contributed by atoms with Gasteiger partial charge in [-0.1, -0.05) is 12.1 Å². The molecule has 0 fully saturated rings. The molecule has 0 radical (unpaired) electrons.